The zero-order valence-electron chi connectivity index (χ0n) is 20.9. The fourth-order valence-electron chi connectivity index (χ4n) is 4.77. The van der Waals surface area contributed by atoms with Gasteiger partial charge in [-0.15, -0.1) is 0 Å². The number of carbonyl (C=O) groups is 3. The lowest BCUT2D eigenvalue weighted by Crippen LogP contribution is -2.55. The molecular formula is C27H30N4O5S. The molecule has 4 rings (SSSR count). The molecule has 0 bridgehead atoms. The van der Waals surface area contributed by atoms with Crippen molar-refractivity contribution in [3.05, 3.63) is 77.9 Å². The standard InChI is InChI=1S/C27H30N4O5S/c1-26(2,3)36-22(32)20-15-18(29-24(37)30-28)13-14-27(20)19-11-7-8-12-21(19)31(23(27)33)25(34)35-16-17-9-5-4-6-10-17/h4-14,18,20H,15-16,28H2,1-3H3,(H2,29,30,37)/t18-,20-,27-/m0/s1. The van der Waals surface area contributed by atoms with Crippen LogP contribution in [0.2, 0.25) is 0 Å². The van der Waals surface area contributed by atoms with Crippen LogP contribution in [0.4, 0.5) is 10.5 Å². The number of rotatable bonds is 4. The summed E-state index contributed by atoms with van der Waals surface area (Å²) in [5, 5.41) is 3.21. The number of amides is 2. The van der Waals surface area contributed by atoms with Gasteiger partial charge in [0.1, 0.15) is 17.6 Å². The third-order valence-corrected chi connectivity index (χ3v) is 6.54. The number of thiocarbonyl (C=S) groups is 1. The summed E-state index contributed by atoms with van der Waals surface area (Å²) in [7, 11) is 0. The van der Waals surface area contributed by atoms with Crippen molar-refractivity contribution in [1.82, 2.24) is 10.7 Å². The van der Waals surface area contributed by atoms with Crippen LogP contribution in [-0.4, -0.2) is 34.7 Å². The molecule has 0 aromatic heterocycles. The lowest BCUT2D eigenvalue weighted by molar-refractivity contribution is -0.164. The molecule has 1 heterocycles. The molecule has 2 aromatic rings. The first-order chi connectivity index (χ1) is 17.6. The van der Waals surface area contributed by atoms with E-state index < -0.39 is 40.9 Å². The van der Waals surface area contributed by atoms with Crippen molar-refractivity contribution in [3.63, 3.8) is 0 Å². The van der Waals surface area contributed by atoms with Gasteiger partial charge in [0.25, 0.3) is 5.91 Å². The van der Waals surface area contributed by atoms with Crippen molar-refractivity contribution in [1.29, 1.82) is 0 Å². The average molecular weight is 523 g/mol. The zero-order valence-corrected chi connectivity index (χ0v) is 21.7. The zero-order chi connectivity index (χ0) is 26.8. The summed E-state index contributed by atoms with van der Waals surface area (Å²) in [5.41, 5.74) is 1.80. The molecule has 4 N–H and O–H groups in total. The van der Waals surface area contributed by atoms with Crippen LogP contribution in [0.15, 0.2) is 66.7 Å². The molecule has 1 spiro atoms. The van der Waals surface area contributed by atoms with Gasteiger partial charge in [-0.1, -0.05) is 60.7 Å². The minimum atomic E-state index is -1.46. The minimum absolute atomic E-state index is 0.000514. The highest BCUT2D eigenvalue weighted by atomic mass is 32.1. The van der Waals surface area contributed by atoms with Gasteiger partial charge in [0.15, 0.2) is 5.11 Å². The van der Waals surface area contributed by atoms with E-state index in [4.69, 9.17) is 27.5 Å². The minimum Gasteiger partial charge on any atom is -0.460 e. The molecule has 37 heavy (non-hydrogen) atoms. The smallest absolute Gasteiger partial charge is 0.421 e. The van der Waals surface area contributed by atoms with Gasteiger partial charge < -0.3 is 20.2 Å². The van der Waals surface area contributed by atoms with Crippen LogP contribution in [-0.2, 0) is 31.1 Å². The monoisotopic (exact) mass is 522 g/mol. The number of nitrogens with zero attached hydrogens (tertiary/aromatic N) is 1. The molecule has 1 aliphatic carbocycles. The van der Waals surface area contributed by atoms with Gasteiger partial charge in [0.05, 0.1) is 11.6 Å². The van der Waals surface area contributed by atoms with Crippen LogP contribution < -0.4 is 21.5 Å². The first-order valence-electron chi connectivity index (χ1n) is 11.9. The molecule has 3 atom stereocenters. The van der Waals surface area contributed by atoms with Crippen LogP contribution >= 0.6 is 12.2 Å². The number of hydrogen-bond donors (Lipinski definition) is 3. The van der Waals surface area contributed by atoms with Crippen molar-refractivity contribution in [3.8, 4) is 0 Å². The van der Waals surface area contributed by atoms with Crippen molar-refractivity contribution in [2.75, 3.05) is 4.90 Å². The van der Waals surface area contributed by atoms with Gasteiger partial charge in [0, 0.05) is 6.04 Å². The predicted molar refractivity (Wildman–Crippen MR) is 142 cm³/mol. The van der Waals surface area contributed by atoms with Crippen molar-refractivity contribution in [2.45, 2.75) is 50.9 Å². The second kappa shape index (κ2) is 10.3. The Kier molecular flexibility index (Phi) is 7.33. The number of nitrogens with one attached hydrogen (secondary N) is 2. The quantitative estimate of drug-likeness (QED) is 0.183. The van der Waals surface area contributed by atoms with Crippen LogP contribution in [0, 0.1) is 5.92 Å². The van der Waals surface area contributed by atoms with Crippen LogP contribution in [0.3, 0.4) is 0 Å². The normalized spacial score (nSPS) is 22.4. The third-order valence-electron chi connectivity index (χ3n) is 6.30. The molecule has 1 aliphatic heterocycles. The fourth-order valence-corrected chi connectivity index (χ4v) is 4.92. The Hall–Kier alpha value is -3.76. The maximum absolute atomic E-state index is 14.1. The molecule has 0 unspecified atom stereocenters. The molecule has 0 radical (unpaired) electrons. The molecule has 0 fully saturated rings. The molecule has 2 amide bonds. The van der Waals surface area contributed by atoms with Gasteiger partial charge in [-0.05, 0) is 56.6 Å². The van der Waals surface area contributed by atoms with Gasteiger partial charge >= 0.3 is 12.1 Å². The summed E-state index contributed by atoms with van der Waals surface area (Å²) in [6.07, 6.45) is 2.79. The summed E-state index contributed by atoms with van der Waals surface area (Å²) in [5.74, 6) is 3.33. The van der Waals surface area contributed by atoms with E-state index in [1.165, 1.54) is 0 Å². The van der Waals surface area contributed by atoms with E-state index in [1.807, 2.05) is 30.3 Å². The Morgan fingerprint density at radius 3 is 2.49 bits per heavy atom. The summed E-state index contributed by atoms with van der Waals surface area (Å²) in [6.45, 7) is 5.28. The number of nitrogens with two attached hydrogens (primary N) is 1. The van der Waals surface area contributed by atoms with Gasteiger partial charge in [-0.2, -0.15) is 0 Å². The number of hydrazine groups is 1. The molecule has 10 heteroatoms. The third kappa shape index (κ3) is 5.21. The number of para-hydroxylation sites is 1. The lowest BCUT2D eigenvalue weighted by Gasteiger charge is -2.39. The Bertz CT molecular complexity index is 1240. The van der Waals surface area contributed by atoms with Crippen LogP contribution in [0.5, 0.6) is 0 Å². The summed E-state index contributed by atoms with van der Waals surface area (Å²) < 4.78 is 11.3. The molecular weight excluding hydrogens is 492 g/mol. The fraction of sp³-hybridized carbons (Fsp3) is 0.333. The Morgan fingerprint density at radius 1 is 1.14 bits per heavy atom. The molecule has 9 nitrogen and oxygen atoms in total. The summed E-state index contributed by atoms with van der Waals surface area (Å²) in [6, 6.07) is 15.7. The maximum Gasteiger partial charge on any atom is 0.421 e. The highest BCUT2D eigenvalue weighted by molar-refractivity contribution is 7.80. The highest BCUT2D eigenvalue weighted by Gasteiger charge is 2.60. The van der Waals surface area contributed by atoms with Gasteiger partial charge in [-0.3, -0.25) is 9.59 Å². The van der Waals surface area contributed by atoms with Crippen molar-refractivity contribution < 1.29 is 23.9 Å². The van der Waals surface area contributed by atoms with Crippen molar-refractivity contribution >= 4 is 41.0 Å². The lowest BCUT2D eigenvalue weighted by atomic mass is 9.65. The number of imide groups is 1. The second-order valence-electron chi connectivity index (χ2n) is 9.97. The number of fused-ring (bicyclic) bond motifs is 2. The number of carbonyl (C=O) groups excluding carboxylic acids is 3. The topological polar surface area (TPSA) is 123 Å². The number of hydrogen-bond acceptors (Lipinski definition) is 7. The number of anilines is 1. The first kappa shape index (κ1) is 26.3. The van der Waals surface area contributed by atoms with E-state index in [9.17, 15) is 14.4 Å². The predicted octanol–water partition coefficient (Wildman–Crippen LogP) is 3.23. The molecule has 2 aromatic carbocycles. The van der Waals surface area contributed by atoms with Gasteiger partial charge in [0.2, 0.25) is 0 Å². The largest absolute Gasteiger partial charge is 0.460 e. The first-order valence-corrected chi connectivity index (χ1v) is 12.3. The molecule has 194 valence electrons. The second-order valence-corrected chi connectivity index (χ2v) is 10.4. The molecule has 2 aliphatic rings. The SMILES string of the molecule is CC(C)(C)OC(=O)[C@@H]1C[C@@H](NC(=S)NN)C=C[C@@]12C(=O)N(C(=O)OCc1ccccc1)c1ccccc12. The summed E-state index contributed by atoms with van der Waals surface area (Å²) >= 11 is 5.13. The van der Waals surface area contributed by atoms with Crippen LogP contribution in [0.25, 0.3) is 0 Å². The van der Waals surface area contributed by atoms with E-state index >= 15 is 0 Å². The number of esters is 1. The maximum atomic E-state index is 14.1. The van der Waals surface area contributed by atoms with E-state index in [0.29, 0.717) is 11.3 Å². The Balaban J connectivity index is 1.74. The van der Waals surface area contributed by atoms with E-state index in [0.717, 1.165) is 10.5 Å². The van der Waals surface area contributed by atoms with E-state index in [1.54, 1.807) is 57.2 Å². The number of benzene rings is 2. The number of ether oxygens (including phenoxy) is 2. The van der Waals surface area contributed by atoms with Crippen molar-refractivity contribution in [2.24, 2.45) is 11.8 Å². The van der Waals surface area contributed by atoms with E-state index in [2.05, 4.69) is 10.7 Å². The van der Waals surface area contributed by atoms with Gasteiger partial charge in [-0.25, -0.2) is 15.5 Å². The molecule has 0 saturated heterocycles. The Morgan fingerprint density at radius 2 is 1.81 bits per heavy atom. The highest BCUT2D eigenvalue weighted by Crippen LogP contribution is 2.51. The Labute approximate surface area is 221 Å². The average Bonchev–Trinajstić information content (AvgIpc) is 3.11. The van der Waals surface area contributed by atoms with E-state index in [-0.39, 0.29) is 18.1 Å². The van der Waals surface area contributed by atoms with Crippen LogP contribution in [0.1, 0.15) is 38.3 Å². The summed E-state index contributed by atoms with van der Waals surface area (Å²) in [4.78, 5) is 42.0. The molecule has 0 saturated carbocycles.